The van der Waals surface area contributed by atoms with Crippen LogP contribution in [0.4, 0.5) is 0 Å². The largest absolute Gasteiger partial charge is 0.300 e. The molecule has 0 heterocycles. The second-order valence-corrected chi connectivity index (χ2v) is 4.16. The highest BCUT2D eigenvalue weighted by Gasteiger charge is 2.12. The Bertz CT molecular complexity index is 289. The highest BCUT2D eigenvalue weighted by Crippen LogP contribution is 2.25. The van der Waals surface area contributed by atoms with Crippen molar-refractivity contribution >= 4 is 5.78 Å². The number of rotatable bonds is 6. The van der Waals surface area contributed by atoms with Crippen molar-refractivity contribution in [3.8, 4) is 0 Å². The van der Waals surface area contributed by atoms with E-state index in [4.69, 9.17) is 0 Å². The number of unbranched alkanes of at least 4 members (excludes halogenated alkanes) is 1. The van der Waals surface area contributed by atoms with Crippen LogP contribution in [0, 0.1) is 0 Å². The van der Waals surface area contributed by atoms with E-state index < -0.39 is 0 Å². The second kappa shape index (κ2) is 6.39. The Labute approximate surface area is 92.5 Å². The summed E-state index contributed by atoms with van der Waals surface area (Å²) in [7, 11) is 0. The van der Waals surface area contributed by atoms with Gasteiger partial charge in [-0.05, 0) is 24.8 Å². The van der Waals surface area contributed by atoms with Crippen LogP contribution < -0.4 is 0 Å². The van der Waals surface area contributed by atoms with Gasteiger partial charge < -0.3 is 4.79 Å². The highest BCUT2D eigenvalue weighted by molar-refractivity contribution is 5.76. The summed E-state index contributed by atoms with van der Waals surface area (Å²) < 4.78 is 0. The molecule has 1 nitrogen and oxygen atoms in total. The van der Waals surface area contributed by atoms with Gasteiger partial charge in [-0.1, -0.05) is 50.1 Å². The highest BCUT2D eigenvalue weighted by atomic mass is 16.1. The summed E-state index contributed by atoms with van der Waals surface area (Å²) in [5.74, 6) is 0.712. The Balaban J connectivity index is 2.67. The molecule has 0 saturated heterocycles. The molecule has 1 aromatic rings. The maximum atomic E-state index is 11.2. The predicted molar refractivity (Wildman–Crippen MR) is 64.0 cm³/mol. The molecule has 0 saturated carbocycles. The topological polar surface area (TPSA) is 17.1 Å². The minimum atomic E-state index is 0.292. The molecular weight excluding hydrogens is 184 g/mol. The molecule has 0 aliphatic heterocycles. The lowest BCUT2D eigenvalue weighted by atomic mass is 9.89. The first-order chi connectivity index (χ1) is 7.24. The zero-order chi connectivity index (χ0) is 11.1. The average molecular weight is 204 g/mol. The van der Waals surface area contributed by atoms with Crippen molar-refractivity contribution < 1.29 is 4.79 Å². The van der Waals surface area contributed by atoms with E-state index in [0.717, 1.165) is 6.42 Å². The van der Waals surface area contributed by atoms with Gasteiger partial charge in [-0.2, -0.15) is 0 Å². The molecule has 0 aliphatic carbocycles. The average Bonchev–Trinajstić information content (AvgIpc) is 2.25. The zero-order valence-electron chi connectivity index (χ0n) is 9.70. The number of carbonyl (C=O) groups excluding carboxylic acids is 1. The first kappa shape index (κ1) is 12.0. The van der Waals surface area contributed by atoms with Crippen molar-refractivity contribution in [3.05, 3.63) is 35.9 Å². The van der Waals surface area contributed by atoms with E-state index >= 15 is 0 Å². The Morgan fingerprint density at radius 1 is 1.27 bits per heavy atom. The van der Waals surface area contributed by atoms with Crippen molar-refractivity contribution in [1.29, 1.82) is 0 Å². The lowest BCUT2D eigenvalue weighted by Gasteiger charge is -2.15. The van der Waals surface area contributed by atoms with E-state index in [0.29, 0.717) is 18.1 Å². The number of hydrogen-bond acceptors (Lipinski definition) is 1. The molecule has 1 heteroatoms. The molecule has 0 spiro atoms. The van der Waals surface area contributed by atoms with Crippen LogP contribution in [-0.4, -0.2) is 5.78 Å². The van der Waals surface area contributed by atoms with Crippen LogP contribution in [0.5, 0.6) is 0 Å². The Morgan fingerprint density at radius 2 is 1.93 bits per heavy atom. The van der Waals surface area contributed by atoms with Crippen LogP contribution in [0.1, 0.15) is 51.0 Å². The third kappa shape index (κ3) is 4.28. The van der Waals surface area contributed by atoms with Crippen LogP contribution >= 0.6 is 0 Å². The number of carbonyl (C=O) groups is 1. The zero-order valence-corrected chi connectivity index (χ0v) is 9.70. The van der Waals surface area contributed by atoms with E-state index in [9.17, 15) is 4.79 Å². The molecule has 1 rings (SSSR count). The fraction of sp³-hybridized carbons (Fsp3) is 0.500. The normalized spacial score (nSPS) is 12.4. The summed E-state index contributed by atoms with van der Waals surface area (Å²) in [5.41, 5.74) is 1.31. The lowest BCUT2D eigenvalue weighted by Crippen LogP contribution is -2.04. The van der Waals surface area contributed by atoms with Crippen LogP contribution in [0.3, 0.4) is 0 Å². The molecule has 0 radical (unpaired) electrons. The summed E-state index contributed by atoms with van der Waals surface area (Å²) in [6.45, 7) is 3.87. The smallest absolute Gasteiger partial charge is 0.130 e. The molecule has 0 N–H and O–H groups in total. The molecular formula is C14H20O. The van der Waals surface area contributed by atoms with Crippen molar-refractivity contribution in [2.75, 3.05) is 0 Å². The summed E-state index contributed by atoms with van der Waals surface area (Å²) in [6.07, 6.45) is 4.21. The maximum absolute atomic E-state index is 11.2. The second-order valence-electron chi connectivity index (χ2n) is 4.16. The summed E-state index contributed by atoms with van der Waals surface area (Å²) in [5, 5.41) is 0. The van der Waals surface area contributed by atoms with E-state index in [1.807, 2.05) is 6.07 Å². The van der Waals surface area contributed by atoms with Crippen molar-refractivity contribution in [3.63, 3.8) is 0 Å². The van der Waals surface area contributed by atoms with Gasteiger partial charge in [0.15, 0.2) is 0 Å². The quantitative estimate of drug-likeness (QED) is 0.686. The third-order valence-corrected chi connectivity index (χ3v) is 2.71. The van der Waals surface area contributed by atoms with Gasteiger partial charge >= 0.3 is 0 Å². The van der Waals surface area contributed by atoms with Gasteiger partial charge in [0, 0.05) is 6.42 Å². The summed E-state index contributed by atoms with van der Waals surface area (Å²) in [4.78, 5) is 11.2. The van der Waals surface area contributed by atoms with Crippen molar-refractivity contribution in [2.45, 2.75) is 45.4 Å². The molecule has 0 fully saturated rings. The van der Waals surface area contributed by atoms with Crippen LogP contribution in [0.15, 0.2) is 30.3 Å². The molecule has 0 amide bonds. The van der Waals surface area contributed by atoms with E-state index in [1.54, 1.807) is 6.92 Å². The molecule has 1 unspecified atom stereocenters. The third-order valence-electron chi connectivity index (χ3n) is 2.71. The fourth-order valence-electron chi connectivity index (χ4n) is 1.91. The molecule has 15 heavy (non-hydrogen) atoms. The monoisotopic (exact) mass is 204 g/mol. The summed E-state index contributed by atoms with van der Waals surface area (Å²) in [6, 6.07) is 10.4. The number of benzene rings is 1. The number of hydrogen-bond donors (Lipinski definition) is 0. The first-order valence-electron chi connectivity index (χ1n) is 5.78. The molecule has 1 atom stereocenters. The molecule has 1 aromatic carbocycles. The van der Waals surface area contributed by atoms with Crippen LogP contribution in [-0.2, 0) is 4.79 Å². The Kier molecular flexibility index (Phi) is 5.09. The lowest BCUT2D eigenvalue weighted by molar-refractivity contribution is -0.117. The van der Waals surface area contributed by atoms with Gasteiger partial charge in [-0.15, -0.1) is 0 Å². The standard InChI is InChI=1S/C14H20O/c1-3-4-8-14(11-12(2)15)13-9-6-5-7-10-13/h5-7,9-10,14H,3-4,8,11H2,1-2H3. The minimum absolute atomic E-state index is 0.292. The summed E-state index contributed by atoms with van der Waals surface area (Å²) >= 11 is 0. The SMILES string of the molecule is CCCCC(CC(C)=O)c1ccccc1. The van der Waals surface area contributed by atoms with E-state index in [1.165, 1.54) is 18.4 Å². The maximum Gasteiger partial charge on any atom is 0.130 e. The molecule has 0 aliphatic rings. The number of Topliss-reactive ketones (excluding diaryl/α,β-unsaturated/α-hetero) is 1. The Hall–Kier alpha value is -1.11. The molecule has 0 bridgehead atoms. The van der Waals surface area contributed by atoms with Crippen LogP contribution in [0.25, 0.3) is 0 Å². The fourth-order valence-corrected chi connectivity index (χ4v) is 1.91. The van der Waals surface area contributed by atoms with Gasteiger partial charge in [0.2, 0.25) is 0 Å². The number of ketones is 1. The predicted octanol–water partition coefficient (Wildman–Crippen LogP) is 3.94. The van der Waals surface area contributed by atoms with E-state index in [-0.39, 0.29) is 0 Å². The minimum Gasteiger partial charge on any atom is -0.300 e. The Morgan fingerprint density at radius 3 is 2.47 bits per heavy atom. The van der Waals surface area contributed by atoms with Crippen molar-refractivity contribution in [1.82, 2.24) is 0 Å². The van der Waals surface area contributed by atoms with Gasteiger partial charge in [0.05, 0.1) is 0 Å². The first-order valence-corrected chi connectivity index (χ1v) is 5.78. The van der Waals surface area contributed by atoms with Gasteiger partial charge in [0.1, 0.15) is 5.78 Å². The van der Waals surface area contributed by atoms with Crippen molar-refractivity contribution in [2.24, 2.45) is 0 Å². The van der Waals surface area contributed by atoms with Gasteiger partial charge in [-0.3, -0.25) is 0 Å². The molecule has 0 aromatic heterocycles. The van der Waals surface area contributed by atoms with Crippen LogP contribution in [0.2, 0.25) is 0 Å². The van der Waals surface area contributed by atoms with Gasteiger partial charge in [0.25, 0.3) is 0 Å². The van der Waals surface area contributed by atoms with Gasteiger partial charge in [-0.25, -0.2) is 0 Å². The molecule has 82 valence electrons. The van der Waals surface area contributed by atoms with E-state index in [2.05, 4.69) is 31.2 Å².